The Bertz CT molecular complexity index is 942. The van der Waals surface area contributed by atoms with Gasteiger partial charge in [-0.3, -0.25) is 10.1 Å². The molecule has 0 radical (unpaired) electrons. The average Bonchev–Trinajstić information content (AvgIpc) is 3.19. The Kier molecular flexibility index (Phi) is 7.18. The Morgan fingerprint density at radius 2 is 1.79 bits per heavy atom. The summed E-state index contributed by atoms with van der Waals surface area (Å²) in [5.41, 5.74) is 2.48. The van der Waals surface area contributed by atoms with Crippen LogP contribution in [0.2, 0.25) is 0 Å². The topological polar surface area (TPSA) is 92.3 Å². The van der Waals surface area contributed by atoms with Crippen molar-refractivity contribution in [3.8, 4) is 5.75 Å². The summed E-state index contributed by atoms with van der Waals surface area (Å²) >= 11 is 1.32. The molecular weight excluding hydrogens is 388 g/mol. The van der Waals surface area contributed by atoms with Crippen molar-refractivity contribution in [1.29, 1.82) is 0 Å². The molecule has 3 N–H and O–H groups in total. The fourth-order valence-electron chi connectivity index (χ4n) is 2.54. The second-order valence-electron chi connectivity index (χ2n) is 6.21. The Morgan fingerprint density at radius 3 is 2.52 bits per heavy atom. The van der Waals surface area contributed by atoms with E-state index in [9.17, 15) is 9.59 Å². The number of nitrogens with one attached hydrogen (secondary N) is 3. The maximum atomic E-state index is 12.1. The second kappa shape index (κ2) is 10.2. The van der Waals surface area contributed by atoms with Crippen LogP contribution in [0.15, 0.2) is 60.0 Å². The van der Waals surface area contributed by atoms with Gasteiger partial charge in [0.25, 0.3) is 0 Å². The van der Waals surface area contributed by atoms with E-state index in [1.165, 1.54) is 11.3 Å². The fourth-order valence-corrected chi connectivity index (χ4v) is 3.28. The number of aryl methyl sites for hydroxylation is 1. The first kappa shape index (κ1) is 20.3. The highest BCUT2D eigenvalue weighted by atomic mass is 32.1. The Morgan fingerprint density at radius 1 is 1.03 bits per heavy atom. The Hall–Kier alpha value is -3.39. The normalized spacial score (nSPS) is 10.2. The van der Waals surface area contributed by atoms with Gasteiger partial charge in [-0.1, -0.05) is 30.3 Å². The van der Waals surface area contributed by atoms with E-state index < -0.39 is 0 Å². The summed E-state index contributed by atoms with van der Waals surface area (Å²) in [6, 6.07) is 16.4. The summed E-state index contributed by atoms with van der Waals surface area (Å²) in [6.45, 7) is 0.509. The summed E-state index contributed by atoms with van der Waals surface area (Å²) in [5.74, 6) is 0.682. The minimum atomic E-state index is -0.378. The van der Waals surface area contributed by atoms with E-state index in [2.05, 4.69) is 20.9 Å². The molecule has 0 aliphatic rings. The third-order valence-corrected chi connectivity index (χ3v) is 4.87. The summed E-state index contributed by atoms with van der Waals surface area (Å²) in [7, 11) is 1.59. The standard InChI is InChI=1S/C21H22N4O3S/c1-28-18-10-7-16(8-11-18)23-20(27)25-21-24-17(14-29-21)9-12-19(26)22-13-15-5-3-2-4-6-15/h2-8,10-11,14H,9,12-13H2,1H3,(H,22,26)(H2,23,24,25,27). The molecule has 0 atom stereocenters. The molecule has 0 saturated heterocycles. The molecule has 1 aromatic heterocycles. The highest BCUT2D eigenvalue weighted by molar-refractivity contribution is 7.13. The molecule has 1 heterocycles. The first-order valence-electron chi connectivity index (χ1n) is 9.09. The summed E-state index contributed by atoms with van der Waals surface area (Å²) in [4.78, 5) is 28.4. The van der Waals surface area contributed by atoms with Crippen molar-refractivity contribution < 1.29 is 14.3 Å². The molecule has 7 nitrogen and oxygen atoms in total. The molecule has 150 valence electrons. The van der Waals surface area contributed by atoms with Gasteiger partial charge in [-0.2, -0.15) is 0 Å². The number of hydrogen-bond acceptors (Lipinski definition) is 5. The first-order chi connectivity index (χ1) is 14.1. The van der Waals surface area contributed by atoms with Gasteiger partial charge in [-0.05, 0) is 36.2 Å². The molecule has 0 aliphatic heterocycles. The number of urea groups is 1. The van der Waals surface area contributed by atoms with Crippen LogP contribution in [0.25, 0.3) is 0 Å². The zero-order valence-electron chi connectivity index (χ0n) is 16.0. The van der Waals surface area contributed by atoms with Crippen molar-refractivity contribution in [2.24, 2.45) is 0 Å². The van der Waals surface area contributed by atoms with Crippen LogP contribution < -0.4 is 20.7 Å². The maximum Gasteiger partial charge on any atom is 0.325 e. The summed E-state index contributed by atoms with van der Waals surface area (Å²) in [5, 5.41) is 10.6. The average molecular weight is 410 g/mol. The van der Waals surface area contributed by atoms with E-state index in [4.69, 9.17) is 4.74 Å². The molecule has 0 bridgehead atoms. The van der Waals surface area contributed by atoms with E-state index in [0.29, 0.717) is 36.0 Å². The van der Waals surface area contributed by atoms with E-state index >= 15 is 0 Å². The smallest absolute Gasteiger partial charge is 0.325 e. The first-order valence-corrected chi connectivity index (χ1v) is 9.97. The van der Waals surface area contributed by atoms with Crippen molar-refractivity contribution in [2.75, 3.05) is 17.7 Å². The minimum Gasteiger partial charge on any atom is -0.497 e. The highest BCUT2D eigenvalue weighted by Crippen LogP contribution is 2.18. The van der Waals surface area contributed by atoms with Crippen LogP contribution in [0.4, 0.5) is 15.6 Å². The van der Waals surface area contributed by atoms with Crippen LogP contribution in [0.1, 0.15) is 17.7 Å². The number of rotatable bonds is 8. The molecule has 8 heteroatoms. The molecule has 0 spiro atoms. The highest BCUT2D eigenvalue weighted by Gasteiger charge is 2.09. The minimum absolute atomic E-state index is 0.0337. The van der Waals surface area contributed by atoms with Crippen molar-refractivity contribution in [3.63, 3.8) is 0 Å². The van der Waals surface area contributed by atoms with Gasteiger partial charge in [0.15, 0.2) is 5.13 Å². The monoisotopic (exact) mass is 410 g/mol. The molecule has 0 fully saturated rings. The van der Waals surface area contributed by atoms with E-state index in [-0.39, 0.29) is 11.9 Å². The van der Waals surface area contributed by atoms with E-state index in [0.717, 1.165) is 11.3 Å². The van der Waals surface area contributed by atoms with Crippen LogP contribution in [-0.4, -0.2) is 24.0 Å². The molecule has 0 unspecified atom stereocenters. The van der Waals surface area contributed by atoms with Gasteiger partial charge in [-0.25, -0.2) is 9.78 Å². The summed E-state index contributed by atoms with van der Waals surface area (Å²) < 4.78 is 5.08. The maximum absolute atomic E-state index is 12.1. The molecule has 3 amide bonds. The lowest BCUT2D eigenvalue weighted by Crippen LogP contribution is -2.23. The van der Waals surface area contributed by atoms with Crippen LogP contribution in [0.5, 0.6) is 5.75 Å². The van der Waals surface area contributed by atoms with Crippen molar-refractivity contribution in [1.82, 2.24) is 10.3 Å². The van der Waals surface area contributed by atoms with Crippen molar-refractivity contribution in [2.45, 2.75) is 19.4 Å². The van der Waals surface area contributed by atoms with Crippen molar-refractivity contribution in [3.05, 3.63) is 71.2 Å². The molecule has 3 rings (SSSR count). The number of ether oxygens (including phenoxy) is 1. The third kappa shape index (κ3) is 6.62. The predicted octanol–water partition coefficient (Wildman–Crippen LogP) is 4.04. The predicted molar refractivity (Wildman–Crippen MR) is 114 cm³/mol. The number of anilines is 2. The summed E-state index contributed by atoms with van der Waals surface area (Å²) in [6.07, 6.45) is 0.854. The van der Waals surface area contributed by atoms with Gasteiger partial charge in [0.05, 0.1) is 12.8 Å². The van der Waals surface area contributed by atoms with Gasteiger partial charge < -0.3 is 15.4 Å². The van der Waals surface area contributed by atoms with Gasteiger partial charge in [0.1, 0.15) is 5.75 Å². The lowest BCUT2D eigenvalue weighted by molar-refractivity contribution is -0.121. The number of hydrogen-bond donors (Lipinski definition) is 3. The quantitative estimate of drug-likeness (QED) is 0.522. The molecule has 29 heavy (non-hydrogen) atoms. The molecular formula is C21H22N4O3S. The van der Waals surface area contributed by atoms with E-state index in [1.54, 1.807) is 31.4 Å². The molecule has 2 aromatic carbocycles. The molecule has 3 aromatic rings. The number of amides is 3. The van der Waals surface area contributed by atoms with Crippen LogP contribution >= 0.6 is 11.3 Å². The van der Waals surface area contributed by atoms with Crippen LogP contribution in [0, 0.1) is 0 Å². The number of aromatic nitrogens is 1. The molecule has 0 aliphatic carbocycles. The van der Waals surface area contributed by atoms with Crippen molar-refractivity contribution >= 4 is 34.1 Å². The Labute approximate surface area is 173 Å². The second-order valence-corrected chi connectivity index (χ2v) is 7.07. The van der Waals surface area contributed by atoms with Gasteiger partial charge in [0.2, 0.25) is 5.91 Å². The zero-order valence-corrected chi connectivity index (χ0v) is 16.8. The fraction of sp³-hybridized carbons (Fsp3) is 0.190. The number of thiazole rings is 1. The number of carbonyl (C=O) groups excluding carboxylic acids is 2. The van der Waals surface area contributed by atoms with Gasteiger partial charge in [-0.15, -0.1) is 11.3 Å². The number of methoxy groups -OCH3 is 1. The van der Waals surface area contributed by atoms with Gasteiger partial charge >= 0.3 is 6.03 Å². The largest absolute Gasteiger partial charge is 0.497 e. The van der Waals surface area contributed by atoms with Crippen LogP contribution in [-0.2, 0) is 17.8 Å². The molecule has 0 saturated carbocycles. The van der Waals surface area contributed by atoms with E-state index in [1.807, 2.05) is 35.7 Å². The zero-order chi connectivity index (χ0) is 20.5. The lowest BCUT2D eigenvalue weighted by atomic mass is 10.2. The lowest BCUT2D eigenvalue weighted by Gasteiger charge is -2.06. The number of nitrogens with zero attached hydrogens (tertiary/aromatic N) is 1. The SMILES string of the molecule is COc1ccc(NC(=O)Nc2nc(CCC(=O)NCc3ccccc3)cs2)cc1. The third-order valence-electron chi connectivity index (χ3n) is 4.06. The van der Waals surface area contributed by atoms with Gasteiger partial charge in [0, 0.05) is 24.0 Å². The number of benzene rings is 2. The number of carbonyl (C=O) groups is 2. The van der Waals surface area contributed by atoms with Crippen LogP contribution in [0.3, 0.4) is 0 Å². The Balaban J connectivity index is 1.41.